The molecular formula is C16H20N2O3. The molecule has 2 heterocycles. The molecule has 1 N–H and O–H groups in total. The van der Waals surface area contributed by atoms with E-state index in [-0.39, 0.29) is 17.7 Å². The molecule has 0 spiro atoms. The number of carboxylic acids is 1. The number of aromatic nitrogens is 1. The van der Waals surface area contributed by atoms with Crippen LogP contribution in [0.1, 0.15) is 24.8 Å². The summed E-state index contributed by atoms with van der Waals surface area (Å²) in [5, 5.41) is 9.32. The average Bonchev–Trinajstić information content (AvgIpc) is 3.24. The maximum atomic E-state index is 12.3. The summed E-state index contributed by atoms with van der Waals surface area (Å²) in [5.41, 5.74) is 1.04. The van der Waals surface area contributed by atoms with Crippen molar-refractivity contribution >= 4 is 11.9 Å². The van der Waals surface area contributed by atoms with Gasteiger partial charge in [0, 0.05) is 31.9 Å². The first kappa shape index (κ1) is 14.0. The van der Waals surface area contributed by atoms with Crippen molar-refractivity contribution in [1.82, 2.24) is 9.88 Å². The van der Waals surface area contributed by atoms with E-state index >= 15 is 0 Å². The molecule has 0 aromatic carbocycles. The number of likely N-dealkylation sites (tertiary alicyclic amines) is 1. The SMILES string of the molecule is O=C(O)[C@@H]1CN(C(=O)CCc2cccnc2)C[C@H]1C1CC1. The lowest BCUT2D eigenvalue weighted by Crippen LogP contribution is -2.30. The Balaban J connectivity index is 1.56. The first-order valence-corrected chi connectivity index (χ1v) is 7.54. The number of rotatable bonds is 5. The minimum atomic E-state index is -0.755. The number of pyridine rings is 1. The molecule has 2 atom stereocenters. The molecule has 0 radical (unpaired) electrons. The van der Waals surface area contributed by atoms with Gasteiger partial charge in [-0.3, -0.25) is 14.6 Å². The van der Waals surface area contributed by atoms with Crippen molar-refractivity contribution in [2.45, 2.75) is 25.7 Å². The molecule has 1 amide bonds. The highest BCUT2D eigenvalue weighted by Gasteiger charge is 2.46. The van der Waals surface area contributed by atoms with Gasteiger partial charge in [0.1, 0.15) is 0 Å². The number of carboxylic acid groups (broad SMARTS) is 1. The first-order chi connectivity index (χ1) is 10.1. The smallest absolute Gasteiger partial charge is 0.308 e. The van der Waals surface area contributed by atoms with Crippen LogP contribution in [0.15, 0.2) is 24.5 Å². The largest absolute Gasteiger partial charge is 0.481 e. The van der Waals surface area contributed by atoms with E-state index in [4.69, 9.17) is 0 Å². The van der Waals surface area contributed by atoms with Crippen LogP contribution in [0.5, 0.6) is 0 Å². The molecule has 1 aliphatic carbocycles. The summed E-state index contributed by atoms with van der Waals surface area (Å²) in [6, 6.07) is 3.82. The van der Waals surface area contributed by atoms with E-state index in [0.717, 1.165) is 18.4 Å². The van der Waals surface area contributed by atoms with Gasteiger partial charge in [0.25, 0.3) is 0 Å². The fraction of sp³-hybridized carbons (Fsp3) is 0.562. The third-order valence-electron chi connectivity index (χ3n) is 4.61. The van der Waals surface area contributed by atoms with Gasteiger partial charge in [-0.2, -0.15) is 0 Å². The van der Waals surface area contributed by atoms with Crippen molar-refractivity contribution in [3.05, 3.63) is 30.1 Å². The molecule has 5 heteroatoms. The van der Waals surface area contributed by atoms with Crippen molar-refractivity contribution in [1.29, 1.82) is 0 Å². The van der Waals surface area contributed by atoms with Gasteiger partial charge in [-0.25, -0.2) is 0 Å². The van der Waals surface area contributed by atoms with Gasteiger partial charge < -0.3 is 10.0 Å². The summed E-state index contributed by atoms with van der Waals surface area (Å²) in [5.74, 6) is -0.394. The number of amides is 1. The molecule has 1 aliphatic heterocycles. The summed E-state index contributed by atoms with van der Waals surface area (Å²) >= 11 is 0. The molecule has 112 valence electrons. The van der Waals surface area contributed by atoms with Gasteiger partial charge in [-0.1, -0.05) is 6.07 Å². The molecular weight excluding hydrogens is 268 g/mol. The highest BCUT2D eigenvalue weighted by Crippen LogP contribution is 2.44. The molecule has 2 fully saturated rings. The normalized spacial score (nSPS) is 25.0. The highest BCUT2D eigenvalue weighted by molar-refractivity contribution is 5.79. The number of carbonyl (C=O) groups excluding carboxylic acids is 1. The van der Waals surface area contributed by atoms with E-state index in [9.17, 15) is 14.7 Å². The maximum Gasteiger partial charge on any atom is 0.308 e. The van der Waals surface area contributed by atoms with Crippen LogP contribution in [0.25, 0.3) is 0 Å². The van der Waals surface area contributed by atoms with E-state index in [2.05, 4.69) is 4.98 Å². The Kier molecular flexibility index (Phi) is 3.90. The first-order valence-electron chi connectivity index (χ1n) is 7.54. The zero-order valence-corrected chi connectivity index (χ0v) is 11.9. The average molecular weight is 288 g/mol. The van der Waals surface area contributed by atoms with Gasteiger partial charge in [0.05, 0.1) is 5.92 Å². The second-order valence-corrected chi connectivity index (χ2v) is 6.11. The van der Waals surface area contributed by atoms with Gasteiger partial charge in [0.2, 0.25) is 5.91 Å². The monoisotopic (exact) mass is 288 g/mol. The number of hydrogen-bond acceptors (Lipinski definition) is 3. The fourth-order valence-corrected chi connectivity index (χ4v) is 3.25. The predicted molar refractivity (Wildman–Crippen MR) is 76.5 cm³/mol. The summed E-state index contributed by atoms with van der Waals surface area (Å²) in [6.07, 6.45) is 6.80. The number of aliphatic carboxylic acids is 1. The molecule has 1 aromatic rings. The van der Waals surface area contributed by atoms with Crippen LogP contribution >= 0.6 is 0 Å². The van der Waals surface area contributed by atoms with Gasteiger partial charge >= 0.3 is 5.97 Å². The van der Waals surface area contributed by atoms with Crippen LogP contribution in [-0.4, -0.2) is 40.0 Å². The number of aryl methyl sites for hydroxylation is 1. The number of hydrogen-bond donors (Lipinski definition) is 1. The van der Waals surface area contributed by atoms with Crippen LogP contribution in [0.2, 0.25) is 0 Å². The topological polar surface area (TPSA) is 70.5 Å². The lowest BCUT2D eigenvalue weighted by molar-refractivity contribution is -0.142. The van der Waals surface area contributed by atoms with Gasteiger partial charge in [0.15, 0.2) is 0 Å². The Labute approximate surface area is 124 Å². The Morgan fingerprint density at radius 3 is 2.76 bits per heavy atom. The molecule has 1 aromatic heterocycles. The van der Waals surface area contributed by atoms with Crippen molar-refractivity contribution < 1.29 is 14.7 Å². The third-order valence-corrected chi connectivity index (χ3v) is 4.61. The van der Waals surface area contributed by atoms with Crippen LogP contribution in [0.4, 0.5) is 0 Å². The third kappa shape index (κ3) is 3.23. The Morgan fingerprint density at radius 2 is 2.14 bits per heavy atom. The Bertz CT molecular complexity index is 528. The molecule has 5 nitrogen and oxygen atoms in total. The molecule has 1 saturated heterocycles. The minimum absolute atomic E-state index is 0.0632. The van der Waals surface area contributed by atoms with E-state index in [1.165, 1.54) is 0 Å². The second kappa shape index (κ2) is 5.84. The molecule has 3 rings (SSSR count). The maximum absolute atomic E-state index is 12.3. The lowest BCUT2D eigenvalue weighted by Gasteiger charge is -2.16. The van der Waals surface area contributed by atoms with Crippen molar-refractivity contribution in [3.63, 3.8) is 0 Å². The zero-order valence-electron chi connectivity index (χ0n) is 11.9. The minimum Gasteiger partial charge on any atom is -0.481 e. The summed E-state index contributed by atoms with van der Waals surface area (Å²) in [4.78, 5) is 29.4. The van der Waals surface area contributed by atoms with Crippen molar-refractivity contribution in [2.75, 3.05) is 13.1 Å². The van der Waals surface area contributed by atoms with Gasteiger partial charge in [-0.05, 0) is 42.7 Å². The number of nitrogens with zero attached hydrogens (tertiary/aromatic N) is 2. The lowest BCUT2D eigenvalue weighted by atomic mass is 9.92. The molecule has 1 saturated carbocycles. The van der Waals surface area contributed by atoms with E-state index in [0.29, 0.717) is 31.8 Å². The summed E-state index contributed by atoms with van der Waals surface area (Å²) in [7, 11) is 0. The van der Waals surface area contributed by atoms with Crippen LogP contribution in [-0.2, 0) is 16.0 Å². The van der Waals surface area contributed by atoms with Crippen LogP contribution < -0.4 is 0 Å². The van der Waals surface area contributed by atoms with Crippen LogP contribution in [0.3, 0.4) is 0 Å². The quantitative estimate of drug-likeness (QED) is 0.893. The molecule has 0 bridgehead atoms. The van der Waals surface area contributed by atoms with E-state index < -0.39 is 5.97 Å². The molecule has 0 unspecified atom stereocenters. The zero-order chi connectivity index (χ0) is 14.8. The molecule has 2 aliphatic rings. The Morgan fingerprint density at radius 1 is 1.33 bits per heavy atom. The highest BCUT2D eigenvalue weighted by atomic mass is 16.4. The predicted octanol–water partition coefficient (Wildman–Crippen LogP) is 1.58. The number of carbonyl (C=O) groups is 2. The Hall–Kier alpha value is -1.91. The molecule has 21 heavy (non-hydrogen) atoms. The fourth-order valence-electron chi connectivity index (χ4n) is 3.25. The van der Waals surface area contributed by atoms with Gasteiger partial charge in [-0.15, -0.1) is 0 Å². The second-order valence-electron chi connectivity index (χ2n) is 6.11. The van der Waals surface area contributed by atoms with Crippen molar-refractivity contribution in [2.24, 2.45) is 17.8 Å². The standard InChI is InChI=1S/C16H20N2O3/c19-15(6-3-11-2-1-7-17-8-11)18-9-13(12-4-5-12)14(10-18)16(20)21/h1-2,7-8,12-14H,3-6,9-10H2,(H,20,21)/t13-,14+/m0/s1. The summed E-state index contributed by atoms with van der Waals surface area (Å²) in [6.45, 7) is 0.996. The van der Waals surface area contributed by atoms with Crippen molar-refractivity contribution in [3.8, 4) is 0 Å². The van der Waals surface area contributed by atoms with Crippen LogP contribution in [0, 0.1) is 17.8 Å². The van der Waals surface area contributed by atoms with E-state index in [1.807, 2.05) is 12.1 Å². The van der Waals surface area contributed by atoms with E-state index in [1.54, 1.807) is 17.3 Å². The summed E-state index contributed by atoms with van der Waals surface area (Å²) < 4.78 is 0.